The van der Waals surface area contributed by atoms with Crippen LogP contribution in [0.2, 0.25) is 0 Å². The fraction of sp³-hybridized carbons (Fsp3) is 0.400. The van der Waals surface area contributed by atoms with E-state index in [0.29, 0.717) is 17.9 Å². The summed E-state index contributed by atoms with van der Waals surface area (Å²) in [7, 11) is 1.76. The molecule has 0 aromatic carbocycles. The summed E-state index contributed by atoms with van der Waals surface area (Å²) in [6.45, 7) is 5.64. The molecule has 0 spiro atoms. The van der Waals surface area contributed by atoms with Gasteiger partial charge in [0.05, 0.1) is 6.20 Å². The molecule has 0 bridgehead atoms. The number of carboxylic acid groups (broad SMARTS) is 1. The van der Waals surface area contributed by atoms with Crippen molar-refractivity contribution in [2.75, 3.05) is 13.1 Å². The Morgan fingerprint density at radius 3 is 2.36 bits per heavy atom. The average molecular weight is 304 g/mol. The Bertz CT molecular complexity index is 695. The molecule has 0 saturated heterocycles. The van der Waals surface area contributed by atoms with Crippen molar-refractivity contribution < 1.29 is 14.7 Å². The number of carboxylic acids is 1. The van der Waals surface area contributed by atoms with Crippen molar-refractivity contribution in [2.24, 2.45) is 7.05 Å². The van der Waals surface area contributed by atoms with Crippen molar-refractivity contribution in [3.05, 3.63) is 35.3 Å². The van der Waals surface area contributed by atoms with Gasteiger partial charge < -0.3 is 14.6 Å². The van der Waals surface area contributed by atoms with Gasteiger partial charge in [0.1, 0.15) is 17.9 Å². The first-order valence-corrected chi connectivity index (χ1v) is 7.05. The molecule has 0 aliphatic heterocycles. The van der Waals surface area contributed by atoms with E-state index in [9.17, 15) is 9.59 Å². The zero-order chi connectivity index (χ0) is 16.4. The van der Waals surface area contributed by atoms with Crippen molar-refractivity contribution in [1.82, 2.24) is 19.2 Å². The lowest BCUT2D eigenvalue weighted by atomic mass is 10.2. The van der Waals surface area contributed by atoms with Crippen molar-refractivity contribution in [2.45, 2.75) is 20.8 Å². The van der Waals surface area contributed by atoms with E-state index in [1.165, 1.54) is 11.1 Å². The normalized spacial score (nSPS) is 10.7. The minimum absolute atomic E-state index is 0.323. The number of carbonyl (C=O) groups excluding carboxylic acids is 1. The quantitative estimate of drug-likeness (QED) is 0.905. The first-order chi connectivity index (χ1) is 10.4. The summed E-state index contributed by atoms with van der Waals surface area (Å²) in [5, 5.41) is 13.1. The molecule has 0 atom stereocenters. The van der Waals surface area contributed by atoms with Crippen LogP contribution in [0.5, 0.6) is 0 Å². The van der Waals surface area contributed by atoms with E-state index in [1.54, 1.807) is 18.7 Å². The second-order valence-electron chi connectivity index (χ2n) is 5.17. The molecule has 22 heavy (non-hydrogen) atoms. The van der Waals surface area contributed by atoms with Gasteiger partial charge in [0, 0.05) is 25.0 Å². The van der Waals surface area contributed by atoms with Gasteiger partial charge >= 0.3 is 5.97 Å². The highest BCUT2D eigenvalue weighted by molar-refractivity contribution is 5.98. The summed E-state index contributed by atoms with van der Waals surface area (Å²) in [4.78, 5) is 24.9. The van der Waals surface area contributed by atoms with E-state index in [-0.39, 0.29) is 12.5 Å². The van der Waals surface area contributed by atoms with Crippen molar-refractivity contribution in [1.29, 1.82) is 0 Å². The Hall–Kier alpha value is -2.57. The monoisotopic (exact) mass is 304 g/mol. The van der Waals surface area contributed by atoms with Gasteiger partial charge in [0.25, 0.3) is 5.91 Å². The van der Waals surface area contributed by atoms with Gasteiger partial charge in [-0.05, 0) is 32.9 Å². The third-order valence-corrected chi connectivity index (χ3v) is 3.62. The van der Waals surface area contributed by atoms with Crippen LogP contribution in [0.3, 0.4) is 0 Å². The fourth-order valence-corrected chi connectivity index (χ4v) is 2.51. The molecule has 7 heteroatoms. The number of rotatable bonds is 5. The lowest BCUT2D eigenvalue weighted by Crippen LogP contribution is -2.36. The van der Waals surface area contributed by atoms with E-state index in [0.717, 1.165) is 11.4 Å². The van der Waals surface area contributed by atoms with Gasteiger partial charge in [-0.25, -0.2) is 0 Å². The van der Waals surface area contributed by atoms with E-state index >= 15 is 0 Å². The van der Waals surface area contributed by atoms with Gasteiger partial charge in [-0.15, -0.1) is 0 Å². The Labute approximate surface area is 128 Å². The second-order valence-corrected chi connectivity index (χ2v) is 5.17. The Kier molecular flexibility index (Phi) is 4.35. The maximum absolute atomic E-state index is 12.7. The topological polar surface area (TPSA) is 80.4 Å². The molecule has 7 nitrogen and oxygen atoms in total. The molecule has 1 N–H and O–H groups in total. The summed E-state index contributed by atoms with van der Waals surface area (Å²) in [6.07, 6.45) is 1.49. The zero-order valence-corrected chi connectivity index (χ0v) is 13.2. The first kappa shape index (κ1) is 15.8. The molecule has 2 aromatic rings. The smallest absolute Gasteiger partial charge is 0.323 e. The summed E-state index contributed by atoms with van der Waals surface area (Å²) in [5.74, 6) is -0.719. The van der Waals surface area contributed by atoms with Crippen LogP contribution in [0.1, 0.15) is 28.7 Å². The van der Waals surface area contributed by atoms with Crippen molar-refractivity contribution in [3.63, 3.8) is 0 Å². The second kappa shape index (κ2) is 6.05. The summed E-state index contributed by atoms with van der Waals surface area (Å²) >= 11 is 0. The highest BCUT2D eigenvalue weighted by atomic mass is 16.4. The van der Waals surface area contributed by atoms with Crippen LogP contribution in [-0.4, -0.2) is 49.3 Å². The molecule has 0 radical (unpaired) electrons. The third kappa shape index (κ3) is 2.74. The number of amides is 1. The van der Waals surface area contributed by atoms with E-state index in [2.05, 4.69) is 5.10 Å². The van der Waals surface area contributed by atoms with Gasteiger partial charge in [-0.2, -0.15) is 5.10 Å². The van der Waals surface area contributed by atoms with Crippen molar-refractivity contribution in [3.8, 4) is 5.82 Å². The molecule has 2 aromatic heterocycles. The van der Waals surface area contributed by atoms with Crippen LogP contribution in [0.25, 0.3) is 5.82 Å². The van der Waals surface area contributed by atoms with Gasteiger partial charge in [0.2, 0.25) is 0 Å². The Morgan fingerprint density at radius 1 is 1.27 bits per heavy atom. The summed E-state index contributed by atoms with van der Waals surface area (Å²) in [6, 6.07) is 3.93. The lowest BCUT2D eigenvalue weighted by molar-refractivity contribution is -0.137. The van der Waals surface area contributed by atoms with Gasteiger partial charge in [-0.1, -0.05) is 0 Å². The van der Waals surface area contributed by atoms with Crippen LogP contribution in [-0.2, 0) is 11.8 Å². The Balaban J connectivity index is 2.50. The molecule has 0 fully saturated rings. The molecule has 0 aliphatic rings. The summed E-state index contributed by atoms with van der Waals surface area (Å²) < 4.78 is 3.57. The van der Waals surface area contributed by atoms with E-state index in [1.807, 2.05) is 30.5 Å². The molecule has 2 rings (SSSR count). The molecule has 118 valence electrons. The fourth-order valence-electron chi connectivity index (χ4n) is 2.51. The molecule has 0 unspecified atom stereocenters. The van der Waals surface area contributed by atoms with E-state index < -0.39 is 5.97 Å². The maximum Gasteiger partial charge on any atom is 0.323 e. The SMILES string of the molecule is CCN(CC(=O)O)C(=O)c1cnn(C)c1-n1c(C)ccc1C. The van der Waals surface area contributed by atoms with Crippen LogP contribution < -0.4 is 0 Å². The molecule has 0 saturated carbocycles. The van der Waals surface area contributed by atoms with E-state index in [4.69, 9.17) is 5.11 Å². The number of carbonyl (C=O) groups is 2. The van der Waals surface area contributed by atoms with Crippen LogP contribution in [0, 0.1) is 13.8 Å². The van der Waals surface area contributed by atoms with Crippen LogP contribution in [0.15, 0.2) is 18.3 Å². The van der Waals surface area contributed by atoms with Gasteiger partial charge in [-0.3, -0.25) is 14.3 Å². The number of aryl methyl sites for hydroxylation is 3. The minimum atomic E-state index is -1.03. The third-order valence-electron chi connectivity index (χ3n) is 3.62. The summed E-state index contributed by atoms with van der Waals surface area (Å²) in [5.41, 5.74) is 2.36. The number of hydrogen-bond donors (Lipinski definition) is 1. The minimum Gasteiger partial charge on any atom is -0.480 e. The number of aliphatic carboxylic acids is 1. The van der Waals surface area contributed by atoms with Crippen LogP contribution >= 0.6 is 0 Å². The highest BCUT2D eigenvalue weighted by Gasteiger charge is 2.24. The molecule has 2 heterocycles. The molecule has 1 amide bonds. The number of nitrogens with zero attached hydrogens (tertiary/aromatic N) is 4. The zero-order valence-electron chi connectivity index (χ0n) is 13.2. The predicted molar refractivity (Wildman–Crippen MR) is 81.2 cm³/mol. The Morgan fingerprint density at radius 2 is 1.86 bits per heavy atom. The first-order valence-electron chi connectivity index (χ1n) is 7.05. The molecule has 0 aliphatic carbocycles. The predicted octanol–water partition coefficient (Wildman–Crippen LogP) is 1.37. The van der Waals surface area contributed by atoms with Crippen LogP contribution in [0.4, 0.5) is 0 Å². The van der Waals surface area contributed by atoms with Crippen molar-refractivity contribution >= 4 is 11.9 Å². The average Bonchev–Trinajstić information content (AvgIpc) is 2.98. The lowest BCUT2D eigenvalue weighted by Gasteiger charge is -2.19. The standard InChI is InChI=1S/C15H20N4O3/c1-5-18(9-13(20)21)15(22)12-8-16-17(4)14(12)19-10(2)6-7-11(19)3/h6-8H,5,9H2,1-4H3,(H,20,21). The number of likely N-dealkylation sites (N-methyl/N-ethyl adjacent to an activating group) is 1. The molecular formula is C15H20N4O3. The number of aromatic nitrogens is 3. The molecular weight excluding hydrogens is 284 g/mol. The largest absolute Gasteiger partial charge is 0.480 e. The number of hydrogen-bond acceptors (Lipinski definition) is 3. The van der Waals surface area contributed by atoms with Gasteiger partial charge in [0.15, 0.2) is 0 Å². The maximum atomic E-state index is 12.7. The highest BCUT2D eigenvalue weighted by Crippen LogP contribution is 2.21.